The van der Waals surface area contributed by atoms with Gasteiger partial charge < -0.3 is 11.1 Å². The smallest absolute Gasteiger partial charge is 0.274 e. The van der Waals surface area contributed by atoms with E-state index in [1.54, 1.807) is 23.9 Å². The zero-order chi connectivity index (χ0) is 18.9. The van der Waals surface area contributed by atoms with Crippen LogP contribution in [0.15, 0.2) is 47.6 Å². The zero-order valence-corrected chi connectivity index (χ0v) is 16.4. The summed E-state index contributed by atoms with van der Waals surface area (Å²) in [6.07, 6.45) is 6.00. The number of aliphatic imine (C=N–C) groups is 1. The Balaban J connectivity index is 0.00000225. The van der Waals surface area contributed by atoms with Gasteiger partial charge >= 0.3 is 0 Å². The Bertz CT molecular complexity index is 886. The van der Waals surface area contributed by atoms with Crippen molar-refractivity contribution in [2.45, 2.75) is 38.6 Å². The first kappa shape index (κ1) is 20.7. The molecular weight excluding hydrogens is 392 g/mol. The second-order valence-corrected chi connectivity index (χ2v) is 8.50. The largest absolute Gasteiger partial charge is 0.379 e. The molecule has 0 spiro atoms. The van der Waals surface area contributed by atoms with Crippen LogP contribution in [0.2, 0.25) is 5.02 Å². The second-order valence-electron chi connectivity index (χ2n) is 7.02. The number of benzene rings is 1. The van der Waals surface area contributed by atoms with Gasteiger partial charge in [-0.15, -0.1) is 0 Å². The van der Waals surface area contributed by atoms with E-state index >= 15 is 0 Å². The summed E-state index contributed by atoms with van der Waals surface area (Å²) in [5.74, 6) is 1.22. The van der Waals surface area contributed by atoms with E-state index in [4.69, 9.17) is 22.3 Å². The molecule has 0 bridgehead atoms. The Kier molecular flexibility index (Phi) is 6.30. The number of amidine groups is 1. The molecule has 1 aliphatic heterocycles. The highest BCUT2D eigenvalue weighted by Crippen LogP contribution is 2.49. The third kappa shape index (κ3) is 4.03. The van der Waals surface area contributed by atoms with E-state index in [1.165, 1.54) is 12.6 Å². The van der Waals surface area contributed by atoms with Crippen LogP contribution in [0, 0.1) is 5.92 Å². The Labute approximate surface area is 175 Å². The number of aromatic nitrogens is 1. The molecule has 1 fully saturated rings. The van der Waals surface area contributed by atoms with Crippen molar-refractivity contribution in [3.63, 3.8) is 0 Å². The number of hydrogen-bond acceptors (Lipinski definition) is 5. The fourth-order valence-electron chi connectivity index (χ4n) is 4.03. The number of nitrogens with zero attached hydrogens (tertiary/aromatic N) is 2. The second kappa shape index (κ2) is 8.53. The summed E-state index contributed by atoms with van der Waals surface area (Å²) in [5, 5.41) is 4.09. The molecule has 1 aromatic carbocycles. The minimum atomic E-state index is -0.271. The Hall–Kier alpha value is -2.05. The maximum absolute atomic E-state index is 12.5. The lowest BCUT2D eigenvalue weighted by molar-refractivity contribution is 0.102. The fourth-order valence-corrected chi connectivity index (χ4v) is 5.18. The molecule has 7 heteroatoms. The van der Waals surface area contributed by atoms with Crippen molar-refractivity contribution in [3.8, 4) is 0 Å². The summed E-state index contributed by atoms with van der Waals surface area (Å²) < 4.78 is 0. The van der Waals surface area contributed by atoms with E-state index in [0.717, 1.165) is 36.3 Å². The molecule has 0 radical (unpaired) electrons. The van der Waals surface area contributed by atoms with Gasteiger partial charge in [0.15, 0.2) is 5.17 Å². The molecule has 0 unspecified atom stereocenters. The van der Waals surface area contributed by atoms with E-state index in [1.807, 2.05) is 18.2 Å². The highest BCUT2D eigenvalue weighted by Gasteiger charge is 2.44. The van der Waals surface area contributed by atoms with Crippen molar-refractivity contribution >= 4 is 40.1 Å². The number of amides is 1. The predicted octanol–water partition coefficient (Wildman–Crippen LogP) is 5.07. The number of rotatable bonds is 3. The highest BCUT2D eigenvalue weighted by atomic mass is 35.5. The molecule has 5 nitrogen and oxygen atoms in total. The number of carbonyl (C=O) groups excluding carboxylic acids is 1. The van der Waals surface area contributed by atoms with E-state index in [2.05, 4.69) is 16.4 Å². The summed E-state index contributed by atoms with van der Waals surface area (Å²) in [4.78, 5) is 21.5. The number of hydrogen-bond donors (Lipinski definition) is 2. The number of anilines is 1. The van der Waals surface area contributed by atoms with Gasteiger partial charge in [0, 0.05) is 17.6 Å². The van der Waals surface area contributed by atoms with Crippen LogP contribution < -0.4 is 11.1 Å². The van der Waals surface area contributed by atoms with Crippen LogP contribution in [0.3, 0.4) is 0 Å². The quantitative estimate of drug-likeness (QED) is 0.731. The number of pyridine rings is 1. The molecule has 28 heavy (non-hydrogen) atoms. The molecule has 1 amide bonds. The molecule has 2 aliphatic rings. The first-order valence-corrected chi connectivity index (χ1v) is 10.4. The van der Waals surface area contributed by atoms with Crippen LogP contribution in [-0.4, -0.2) is 21.8 Å². The third-order valence-electron chi connectivity index (χ3n) is 5.36. The van der Waals surface area contributed by atoms with Crippen LogP contribution >= 0.6 is 23.4 Å². The number of halogens is 1. The Morgan fingerprint density at radius 3 is 2.93 bits per heavy atom. The van der Waals surface area contributed by atoms with Gasteiger partial charge in [-0.1, -0.05) is 55.8 Å². The first-order chi connectivity index (χ1) is 13.1. The zero-order valence-electron chi connectivity index (χ0n) is 14.8. The van der Waals surface area contributed by atoms with Gasteiger partial charge in [0.05, 0.1) is 10.6 Å². The average Bonchev–Trinajstić information content (AvgIpc) is 2.68. The maximum atomic E-state index is 12.5. The molecule has 1 saturated carbocycles. The molecule has 1 aromatic heterocycles. The topological polar surface area (TPSA) is 80.4 Å². The van der Waals surface area contributed by atoms with Crippen molar-refractivity contribution in [2.24, 2.45) is 16.6 Å². The molecule has 4 rings (SSSR count). The number of fused-ring (bicyclic) bond motifs is 1. The van der Waals surface area contributed by atoms with Crippen molar-refractivity contribution in [3.05, 3.63) is 58.9 Å². The monoisotopic (exact) mass is 416 g/mol. The van der Waals surface area contributed by atoms with Crippen molar-refractivity contribution in [1.29, 1.82) is 0 Å². The molecule has 2 heterocycles. The van der Waals surface area contributed by atoms with Gasteiger partial charge in [0.1, 0.15) is 5.69 Å². The summed E-state index contributed by atoms with van der Waals surface area (Å²) in [7, 11) is 0. The summed E-state index contributed by atoms with van der Waals surface area (Å²) >= 11 is 7.49. The van der Waals surface area contributed by atoms with Gasteiger partial charge in [-0.3, -0.25) is 9.79 Å². The van der Waals surface area contributed by atoms with Gasteiger partial charge in [-0.05, 0) is 48.6 Å². The minimum absolute atomic E-state index is 0. The van der Waals surface area contributed by atoms with E-state index in [-0.39, 0.29) is 18.9 Å². The molecule has 148 valence electrons. The average molecular weight is 417 g/mol. The van der Waals surface area contributed by atoms with Gasteiger partial charge in [-0.25, -0.2) is 4.98 Å². The highest BCUT2D eigenvalue weighted by molar-refractivity contribution is 8.13. The van der Waals surface area contributed by atoms with Crippen LogP contribution in [0.5, 0.6) is 0 Å². The van der Waals surface area contributed by atoms with Crippen molar-refractivity contribution < 1.29 is 4.79 Å². The van der Waals surface area contributed by atoms with E-state index in [0.29, 0.717) is 21.8 Å². The molecular formula is C21H25ClN4OS. The van der Waals surface area contributed by atoms with Crippen molar-refractivity contribution in [2.75, 3.05) is 11.1 Å². The van der Waals surface area contributed by atoms with Gasteiger partial charge in [-0.2, -0.15) is 0 Å². The molecule has 2 atom stereocenters. The molecule has 1 aliphatic carbocycles. The summed E-state index contributed by atoms with van der Waals surface area (Å²) in [5.41, 5.74) is 8.01. The lowest BCUT2D eigenvalue weighted by Crippen LogP contribution is -2.42. The van der Waals surface area contributed by atoms with Crippen LogP contribution in [0.1, 0.15) is 49.2 Å². The molecule has 0 saturated heterocycles. The minimum Gasteiger partial charge on any atom is -0.379 e. The predicted molar refractivity (Wildman–Crippen MR) is 118 cm³/mol. The lowest BCUT2D eigenvalue weighted by Gasteiger charge is -2.44. The number of thioether (sulfide) groups is 1. The lowest BCUT2D eigenvalue weighted by atomic mass is 9.70. The standard InChI is InChI=1S/C20H21ClN4OS.CH4/c21-15-7-8-17(23-11-15)18(26)24-16-6-3-5-13(10-16)20-9-2-1-4-14(20)12-27-19(22)25-20;/h3,5-8,10-11,14H,1-2,4,9,12H2,(H2,22,25)(H,24,26);1H4/t14-,20+;/m0./s1. The fraction of sp³-hybridized carbons (Fsp3) is 0.381. The first-order valence-electron chi connectivity index (χ1n) is 9.08. The van der Waals surface area contributed by atoms with Gasteiger partial charge in [0.2, 0.25) is 0 Å². The van der Waals surface area contributed by atoms with Crippen molar-refractivity contribution in [1.82, 2.24) is 4.98 Å². The summed E-state index contributed by atoms with van der Waals surface area (Å²) in [6, 6.07) is 11.2. The SMILES string of the molecule is C.NC1=N[C@@]2(c3cccc(NC(=O)c4ccc(Cl)cn4)c3)CCCC[C@H]2CS1. The van der Waals surface area contributed by atoms with Crippen LogP contribution in [0.25, 0.3) is 0 Å². The Morgan fingerprint density at radius 1 is 1.29 bits per heavy atom. The van der Waals surface area contributed by atoms with E-state index in [9.17, 15) is 4.79 Å². The van der Waals surface area contributed by atoms with Crippen LogP contribution in [-0.2, 0) is 5.54 Å². The molecule has 3 N–H and O–H groups in total. The van der Waals surface area contributed by atoms with Crippen LogP contribution in [0.4, 0.5) is 5.69 Å². The van der Waals surface area contributed by atoms with Gasteiger partial charge in [0.25, 0.3) is 5.91 Å². The third-order valence-corrected chi connectivity index (χ3v) is 6.54. The normalized spacial score (nSPS) is 23.8. The molecule has 2 aromatic rings. The van der Waals surface area contributed by atoms with E-state index < -0.39 is 0 Å². The maximum Gasteiger partial charge on any atom is 0.274 e. The Morgan fingerprint density at radius 2 is 2.14 bits per heavy atom. The number of nitrogens with two attached hydrogens (primary N) is 1. The summed E-state index contributed by atoms with van der Waals surface area (Å²) in [6.45, 7) is 0. The number of nitrogens with one attached hydrogen (secondary N) is 1. The number of carbonyl (C=O) groups is 1.